The SMILES string of the molecule is CC(C)CCC1(C)C(=O)C(C2=NS(=O)(=O)c3ccccc3N2)C(=O)c2ccccc21. The number of nitrogens with zero attached hydrogens (tertiary/aromatic N) is 1. The van der Waals surface area contributed by atoms with Gasteiger partial charge >= 0.3 is 0 Å². The number of hydrogen-bond donors (Lipinski definition) is 1. The minimum Gasteiger partial charge on any atom is -0.341 e. The first-order valence-electron chi connectivity index (χ1n) is 10.0. The molecule has 2 aliphatic rings. The third kappa shape index (κ3) is 3.17. The largest absolute Gasteiger partial charge is 0.341 e. The molecule has 2 aromatic carbocycles. The summed E-state index contributed by atoms with van der Waals surface area (Å²) in [6, 6.07) is 13.5. The molecule has 30 heavy (non-hydrogen) atoms. The van der Waals surface area contributed by atoms with E-state index in [2.05, 4.69) is 23.6 Å². The van der Waals surface area contributed by atoms with Gasteiger partial charge in [-0.2, -0.15) is 8.42 Å². The highest BCUT2D eigenvalue weighted by Crippen LogP contribution is 2.42. The predicted molar refractivity (Wildman–Crippen MR) is 115 cm³/mol. The van der Waals surface area contributed by atoms with Crippen molar-refractivity contribution in [1.29, 1.82) is 0 Å². The van der Waals surface area contributed by atoms with Crippen molar-refractivity contribution in [3.63, 3.8) is 0 Å². The Morgan fingerprint density at radius 3 is 2.47 bits per heavy atom. The van der Waals surface area contributed by atoms with E-state index in [-0.39, 0.29) is 16.5 Å². The van der Waals surface area contributed by atoms with Crippen molar-refractivity contribution in [2.24, 2.45) is 16.2 Å². The number of Topliss-reactive ketones (excluding diaryl/α,β-unsaturated/α-hetero) is 2. The van der Waals surface area contributed by atoms with Gasteiger partial charge in [0.15, 0.2) is 11.6 Å². The average Bonchev–Trinajstić information content (AvgIpc) is 2.71. The fourth-order valence-corrected chi connectivity index (χ4v) is 5.40. The maximum absolute atomic E-state index is 13.7. The lowest BCUT2D eigenvalue weighted by atomic mass is 9.63. The molecule has 4 rings (SSSR count). The quantitative estimate of drug-likeness (QED) is 0.750. The van der Waals surface area contributed by atoms with Gasteiger partial charge in [0.25, 0.3) is 10.0 Å². The van der Waals surface area contributed by atoms with Gasteiger partial charge in [-0.1, -0.05) is 50.2 Å². The minimum absolute atomic E-state index is 0.0347. The molecule has 6 nitrogen and oxygen atoms in total. The molecule has 0 bridgehead atoms. The van der Waals surface area contributed by atoms with Crippen LogP contribution in [-0.2, 0) is 20.2 Å². The van der Waals surface area contributed by atoms with E-state index < -0.39 is 27.1 Å². The van der Waals surface area contributed by atoms with Crippen LogP contribution in [0.3, 0.4) is 0 Å². The number of anilines is 1. The van der Waals surface area contributed by atoms with Crippen LogP contribution in [0.4, 0.5) is 5.69 Å². The van der Waals surface area contributed by atoms with E-state index >= 15 is 0 Å². The zero-order valence-electron chi connectivity index (χ0n) is 17.2. The average molecular weight is 425 g/mol. The molecule has 1 aliphatic heterocycles. The second kappa shape index (κ2) is 7.16. The van der Waals surface area contributed by atoms with Crippen LogP contribution in [0.15, 0.2) is 57.8 Å². The summed E-state index contributed by atoms with van der Waals surface area (Å²) < 4.78 is 29.3. The van der Waals surface area contributed by atoms with Crippen LogP contribution in [0, 0.1) is 11.8 Å². The van der Waals surface area contributed by atoms with Gasteiger partial charge in [0, 0.05) is 5.56 Å². The fraction of sp³-hybridized carbons (Fsp3) is 0.348. The van der Waals surface area contributed by atoms with E-state index in [0.29, 0.717) is 29.2 Å². The van der Waals surface area contributed by atoms with Crippen LogP contribution in [-0.4, -0.2) is 25.8 Å². The van der Waals surface area contributed by atoms with E-state index in [4.69, 9.17) is 0 Å². The lowest BCUT2D eigenvalue weighted by Crippen LogP contribution is -2.51. The lowest BCUT2D eigenvalue weighted by Gasteiger charge is -2.39. The molecule has 0 saturated heterocycles. The van der Waals surface area contributed by atoms with Gasteiger partial charge in [-0.25, -0.2) is 0 Å². The van der Waals surface area contributed by atoms with Crippen molar-refractivity contribution in [3.05, 3.63) is 59.7 Å². The summed E-state index contributed by atoms with van der Waals surface area (Å²) in [5.41, 5.74) is 0.584. The fourth-order valence-electron chi connectivity index (χ4n) is 4.25. The van der Waals surface area contributed by atoms with Crippen LogP contribution in [0.5, 0.6) is 0 Å². The summed E-state index contributed by atoms with van der Waals surface area (Å²) in [5.74, 6) is -1.74. The Morgan fingerprint density at radius 1 is 1.07 bits per heavy atom. The molecule has 2 unspecified atom stereocenters. The Balaban J connectivity index is 1.85. The smallest absolute Gasteiger partial charge is 0.286 e. The van der Waals surface area contributed by atoms with Crippen molar-refractivity contribution in [3.8, 4) is 0 Å². The number of fused-ring (bicyclic) bond motifs is 2. The van der Waals surface area contributed by atoms with Gasteiger partial charge in [-0.05, 0) is 43.4 Å². The number of carbonyl (C=O) groups is 2. The van der Waals surface area contributed by atoms with Gasteiger partial charge < -0.3 is 5.32 Å². The van der Waals surface area contributed by atoms with Crippen molar-refractivity contribution in [1.82, 2.24) is 0 Å². The molecular weight excluding hydrogens is 400 g/mol. The first-order chi connectivity index (χ1) is 14.1. The molecule has 0 fully saturated rings. The topological polar surface area (TPSA) is 92.7 Å². The summed E-state index contributed by atoms with van der Waals surface area (Å²) >= 11 is 0. The van der Waals surface area contributed by atoms with Crippen molar-refractivity contribution >= 4 is 33.1 Å². The van der Waals surface area contributed by atoms with Crippen LogP contribution in [0.1, 0.15) is 49.5 Å². The van der Waals surface area contributed by atoms with Crippen molar-refractivity contribution in [2.75, 3.05) is 5.32 Å². The predicted octanol–water partition coefficient (Wildman–Crippen LogP) is 3.98. The zero-order valence-corrected chi connectivity index (χ0v) is 18.0. The number of hydrogen-bond acceptors (Lipinski definition) is 5. The van der Waals surface area contributed by atoms with E-state index in [1.54, 1.807) is 30.3 Å². The van der Waals surface area contributed by atoms with Crippen LogP contribution in [0.25, 0.3) is 0 Å². The first-order valence-corrected chi connectivity index (χ1v) is 11.5. The summed E-state index contributed by atoms with van der Waals surface area (Å²) in [6.07, 6.45) is 1.37. The Bertz CT molecular complexity index is 1180. The van der Waals surface area contributed by atoms with Gasteiger partial charge in [0.05, 0.1) is 11.1 Å². The number of rotatable bonds is 4. The number of nitrogens with one attached hydrogen (secondary N) is 1. The zero-order chi connectivity index (χ0) is 21.7. The molecule has 0 spiro atoms. The Kier molecular flexibility index (Phi) is 4.89. The second-order valence-electron chi connectivity index (χ2n) is 8.54. The molecule has 2 atom stereocenters. The molecule has 1 heterocycles. The second-order valence-corrected chi connectivity index (χ2v) is 10.1. The highest BCUT2D eigenvalue weighted by atomic mass is 32.2. The lowest BCUT2D eigenvalue weighted by molar-refractivity contribution is -0.125. The third-order valence-electron chi connectivity index (χ3n) is 6.00. The van der Waals surface area contributed by atoms with Gasteiger partial charge in [-0.3, -0.25) is 9.59 Å². The van der Waals surface area contributed by atoms with Crippen LogP contribution >= 0.6 is 0 Å². The molecular formula is C23H24N2O4S. The number of benzene rings is 2. The Hall–Kier alpha value is -2.80. The van der Waals surface area contributed by atoms with Crippen molar-refractivity contribution in [2.45, 2.75) is 43.9 Å². The standard InChI is InChI=1S/C23H24N2O4S/c1-14(2)12-13-23(3)16-9-5-4-8-15(16)20(26)19(21(23)27)22-24-17-10-6-7-11-18(17)30(28,29)25-22/h4-11,14,19H,12-13H2,1-3H3,(H,24,25). The van der Waals surface area contributed by atoms with Crippen molar-refractivity contribution < 1.29 is 18.0 Å². The maximum atomic E-state index is 13.7. The monoisotopic (exact) mass is 424 g/mol. The van der Waals surface area contributed by atoms with E-state index in [1.807, 2.05) is 19.1 Å². The van der Waals surface area contributed by atoms with Crippen LogP contribution in [0.2, 0.25) is 0 Å². The van der Waals surface area contributed by atoms with Crippen LogP contribution < -0.4 is 5.32 Å². The highest BCUT2D eigenvalue weighted by Gasteiger charge is 2.51. The van der Waals surface area contributed by atoms with Gasteiger partial charge in [0.2, 0.25) is 0 Å². The third-order valence-corrected chi connectivity index (χ3v) is 7.35. The summed E-state index contributed by atoms with van der Waals surface area (Å²) in [5, 5.41) is 2.95. The number of para-hydroxylation sites is 1. The molecule has 1 N–H and O–H groups in total. The molecule has 0 amide bonds. The Morgan fingerprint density at radius 2 is 1.73 bits per heavy atom. The van der Waals surface area contributed by atoms with E-state index in [0.717, 1.165) is 6.42 Å². The summed E-state index contributed by atoms with van der Waals surface area (Å²) in [7, 11) is -4.01. The molecule has 0 radical (unpaired) electrons. The summed E-state index contributed by atoms with van der Waals surface area (Å²) in [4.78, 5) is 27.1. The minimum atomic E-state index is -4.01. The number of sulfonamides is 1. The van der Waals surface area contributed by atoms with E-state index in [9.17, 15) is 18.0 Å². The maximum Gasteiger partial charge on any atom is 0.286 e. The molecule has 0 saturated carbocycles. The van der Waals surface area contributed by atoms with Gasteiger partial charge in [-0.15, -0.1) is 4.40 Å². The Labute approximate surface area is 176 Å². The molecule has 156 valence electrons. The summed E-state index contributed by atoms with van der Waals surface area (Å²) in [6.45, 7) is 6.02. The first kappa shape index (κ1) is 20.5. The molecule has 7 heteroatoms. The number of ketones is 2. The van der Waals surface area contributed by atoms with E-state index in [1.165, 1.54) is 6.07 Å². The molecule has 0 aromatic heterocycles. The normalized spacial score (nSPS) is 24.7. The highest BCUT2D eigenvalue weighted by molar-refractivity contribution is 7.90. The van der Waals surface area contributed by atoms with Gasteiger partial charge in [0.1, 0.15) is 16.6 Å². The number of carbonyl (C=O) groups excluding carboxylic acids is 2. The molecule has 2 aromatic rings. The number of amidine groups is 1. The molecule has 1 aliphatic carbocycles.